The quantitative estimate of drug-likeness (QED) is 0.689. The maximum atomic E-state index is 11.9. The lowest BCUT2D eigenvalue weighted by molar-refractivity contribution is -0.118. The molecule has 2 N–H and O–H groups in total. The number of carbonyl (C=O) groups excluding carboxylic acids is 1. The highest BCUT2D eigenvalue weighted by atomic mass is 35.5. The molecule has 4 nitrogen and oxygen atoms in total. The summed E-state index contributed by atoms with van der Waals surface area (Å²) >= 11 is 7.32. The third kappa shape index (κ3) is 4.27. The van der Waals surface area contributed by atoms with E-state index in [0.717, 1.165) is 21.8 Å². The number of benzene rings is 2. The molecule has 0 aliphatic rings. The molecule has 3 rings (SSSR count). The first-order valence-electron chi connectivity index (χ1n) is 7.20. The zero-order chi connectivity index (χ0) is 16.2. The monoisotopic (exact) mass is 345 g/mol. The van der Waals surface area contributed by atoms with E-state index in [-0.39, 0.29) is 5.91 Å². The second kappa shape index (κ2) is 7.06. The van der Waals surface area contributed by atoms with Gasteiger partial charge in [-0.2, -0.15) is 0 Å². The van der Waals surface area contributed by atoms with Crippen LogP contribution in [-0.4, -0.2) is 21.6 Å². The topological polar surface area (TPSA) is 57.8 Å². The SMILES string of the molecule is Cc1ccc2nc(SCC(=O)NCc3cccc(Cl)c3)[nH]c2c1. The molecule has 1 amide bonds. The molecule has 6 heteroatoms. The standard InChI is InChI=1S/C17H16ClN3OS/c1-11-5-6-14-15(7-11)21-17(20-14)23-10-16(22)19-9-12-3-2-4-13(18)8-12/h2-8H,9-10H2,1H3,(H,19,22)(H,20,21). The molecule has 0 unspecified atom stereocenters. The van der Waals surface area contributed by atoms with Crippen molar-refractivity contribution in [3.8, 4) is 0 Å². The number of halogens is 1. The smallest absolute Gasteiger partial charge is 0.230 e. The summed E-state index contributed by atoms with van der Waals surface area (Å²) < 4.78 is 0. The number of H-pyrrole nitrogens is 1. The van der Waals surface area contributed by atoms with Gasteiger partial charge in [-0.05, 0) is 42.3 Å². The van der Waals surface area contributed by atoms with Crippen molar-refractivity contribution in [1.29, 1.82) is 0 Å². The first-order chi connectivity index (χ1) is 11.1. The van der Waals surface area contributed by atoms with Crippen molar-refractivity contribution in [2.45, 2.75) is 18.6 Å². The fourth-order valence-electron chi connectivity index (χ4n) is 2.20. The van der Waals surface area contributed by atoms with Gasteiger partial charge >= 0.3 is 0 Å². The first-order valence-corrected chi connectivity index (χ1v) is 8.57. The number of hydrogen-bond donors (Lipinski definition) is 2. The van der Waals surface area contributed by atoms with Gasteiger partial charge in [0.2, 0.25) is 5.91 Å². The molecule has 0 bridgehead atoms. The fourth-order valence-corrected chi connectivity index (χ4v) is 3.13. The van der Waals surface area contributed by atoms with Crippen molar-refractivity contribution in [2.24, 2.45) is 0 Å². The van der Waals surface area contributed by atoms with E-state index in [1.807, 2.05) is 49.4 Å². The number of nitrogens with zero attached hydrogens (tertiary/aromatic N) is 1. The average Bonchev–Trinajstić information content (AvgIpc) is 2.93. The molecule has 1 heterocycles. The lowest BCUT2D eigenvalue weighted by Gasteiger charge is -2.04. The van der Waals surface area contributed by atoms with E-state index >= 15 is 0 Å². The number of thioether (sulfide) groups is 1. The number of rotatable bonds is 5. The van der Waals surface area contributed by atoms with Crippen molar-refractivity contribution in [3.63, 3.8) is 0 Å². The van der Waals surface area contributed by atoms with Crippen LogP contribution < -0.4 is 5.32 Å². The maximum Gasteiger partial charge on any atom is 0.230 e. The molecule has 0 fully saturated rings. The average molecular weight is 346 g/mol. The van der Waals surface area contributed by atoms with Gasteiger partial charge in [0.1, 0.15) is 0 Å². The van der Waals surface area contributed by atoms with Crippen LogP contribution in [0, 0.1) is 6.92 Å². The van der Waals surface area contributed by atoms with Gasteiger partial charge in [0.15, 0.2) is 5.16 Å². The highest BCUT2D eigenvalue weighted by molar-refractivity contribution is 7.99. The minimum absolute atomic E-state index is 0.0355. The van der Waals surface area contributed by atoms with Crippen LogP contribution in [0.5, 0.6) is 0 Å². The van der Waals surface area contributed by atoms with Crippen LogP contribution in [0.1, 0.15) is 11.1 Å². The van der Waals surface area contributed by atoms with E-state index < -0.39 is 0 Å². The Morgan fingerprint density at radius 2 is 2.17 bits per heavy atom. The molecule has 0 radical (unpaired) electrons. The number of fused-ring (bicyclic) bond motifs is 1. The Morgan fingerprint density at radius 1 is 1.30 bits per heavy atom. The van der Waals surface area contributed by atoms with Crippen LogP contribution >= 0.6 is 23.4 Å². The molecular formula is C17H16ClN3OS. The number of aromatic amines is 1. The molecule has 0 aliphatic heterocycles. The summed E-state index contributed by atoms with van der Waals surface area (Å²) in [5.74, 6) is 0.283. The van der Waals surface area contributed by atoms with Gasteiger partial charge in [-0.15, -0.1) is 0 Å². The number of nitrogens with one attached hydrogen (secondary N) is 2. The first kappa shape index (κ1) is 15.9. The molecule has 0 spiro atoms. The molecule has 0 aliphatic carbocycles. The Labute approximate surface area is 143 Å². The molecule has 0 saturated carbocycles. The van der Waals surface area contributed by atoms with E-state index in [1.165, 1.54) is 17.3 Å². The Morgan fingerprint density at radius 3 is 3.00 bits per heavy atom. The van der Waals surface area contributed by atoms with E-state index in [2.05, 4.69) is 15.3 Å². The van der Waals surface area contributed by atoms with Gasteiger partial charge in [-0.3, -0.25) is 4.79 Å². The van der Waals surface area contributed by atoms with E-state index in [1.54, 1.807) is 0 Å². The lowest BCUT2D eigenvalue weighted by atomic mass is 10.2. The van der Waals surface area contributed by atoms with E-state index in [9.17, 15) is 4.79 Å². The second-order valence-corrected chi connectivity index (χ2v) is 6.66. The largest absolute Gasteiger partial charge is 0.351 e. The predicted molar refractivity (Wildman–Crippen MR) is 94.9 cm³/mol. The summed E-state index contributed by atoms with van der Waals surface area (Å²) in [6, 6.07) is 13.5. The van der Waals surface area contributed by atoms with E-state index in [0.29, 0.717) is 17.3 Å². The highest BCUT2D eigenvalue weighted by Gasteiger charge is 2.07. The number of carbonyl (C=O) groups is 1. The Kier molecular flexibility index (Phi) is 4.88. The van der Waals surface area contributed by atoms with Gasteiger partial charge in [0.25, 0.3) is 0 Å². The number of aromatic nitrogens is 2. The van der Waals surface area contributed by atoms with Crippen LogP contribution in [0.15, 0.2) is 47.6 Å². The van der Waals surface area contributed by atoms with Crippen LogP contribution in [0.3, 0.4) is 0 Å². The third-order valence-electron chi connectivity index (χ3n) is 3.33. The van der Waals surface area contributed by atoms with Gasteiger partial charge in [-0.1, -0.05) is 41.6 Å². The van der Waals surface area contributed by atoms with Crippen LogP contribution in [0.4, 0.5) is 0 Å². The summed E-state index contributed by atoms with van der Waals surface area (Å²) in [5.41, 5.74) is 4.07. The molecule has 23 heavy (non-hydrogen) atoms. The van der Waals surface area contributed by atoms with Gasteiger partial charge < -0.3 is 10.3 Å². The normalized spacial score (nSPS) is 10.9. The highest BCUT2D eigenvalue weighted by Crippen LogP contribution is 2.20. The molecule has 1 aromatic heterocycles. The van der Waals surface area contributed by atoms with E-state index in [4.69, 9.17) is 11.6 Å². The Bertz CT molecular complexity index is 847. The van der Waals surface area contributed by atoms with Crippen molar-refractivity contribution >= 4 is 40.3 Å². The van der Waals surface area contributed by atoms with Crippen LogP contribution in [0.25, 0.3) is 11.0 Å². The maximum absolute atomic E-state index is 11.9. The summed E-state index contributed by atoms with van der Waals surface area (Å²) in [4.78, 5) is 19.6. The van der Waals surface area contributed by atoms with Crippen LogP contribution in [0.2, 0.25) is 5.02 Å². The van der Waals surface area contributed by atoms with Gasteiger partial charge in [0.05, 0.1) is 16.8 Å². The Hall–Kier alpha value is -1.98. The zero-order valence-electron chi connectivity index (χ0n) is 12.6. The van der Waals surface area contributed by atoms with Crippen molar-refractivity contribution < 1.29 is 4.79 Å². The number of amides is 1. The molecule has 0 saturated heterocycles. The van der Waals surface area contributed by atoms with Crippen molar-refractivity contribution in [1.82, 2.24) is 15.3 Å². The number of aryl methyl sites for hydroxylation is 1. The van der Waals surface area contributed by atoms with Gasteiger partial charge in [-0.25, -0.2) is 4.98 Å². The molecule has 0 atom stereocenters. The number of imidazole rings is 1. The predicted octanol–water partition coefficient (Wildman–Crippen LogP) is 3.93. The second-order valence-electron chi connectivity index (χ2n) is 5.26. The molecule has 3 aromatic rings. The summed E-state index contributed by atoms with van der Waals surface area (Å²) in [5, 5.41) is 4.30. The zero-order valence-corrected chi connectivity index (χ0v) is 14.2. The van der Waals surface area contributed by atoms with Crippen molar-refractivity contribution in [3.05, 3.63) is 58.6 Å². The summed E-state index contributed by atoms with van der Waals surface area (Å²) in [6.07, 6.45) is 0. The molecular weight excluding hydrogens is 330 g/mol. The summed E-state index contributed by atoms with van der Waals surface area (Å²) in [6.45, 7) is 2.51. The molecule has 2 aromatic carbocycles. The van der Waals surface area contributed by atoms with Crippen LogP contribution in [-0.2, 0) is 11.3 Å². The minimum Gasteiger partial charge on any atom is -0.351 e. The number of hydrogen-bond acceptors (Lipinski definition) is 3. The van der Waals surface area contributed by atoms with Gasteiger partial charge in [0, 0.05) is 11.6 Å². The van der Waals surface area contributed by atoms with Crippen molar-refractivity contribution in [2.75, 3.05) is 5.75 Å². The fraction of sp³-hybridized carbons (Fsp3) is 0.176. The molecule has 118 valence electrons. The Balaban J connectivity index is 1.53. The summed E-state index contributed by atoms with van der Waals surface area (Å²) in [7, 11) is 0. The minimum atomic E-state index is -0.0355. The lowest BCUT2D eigenvalue weighted by Crippen LogP contribution is -2.24. The third-order valence-corrected chi connectivity index (χ3v) is 4.44.